The van der Waals surface area contributed by atoms with Gasteiger partial charge in [-0.3, -0.25) is 0 Å². The molecule has 0 unspecified atom stereocenters. The highest BCUT2D eigenvalue weighted by atomic mass is 16.3. The summed E-state index contributed by atoms with van der Waals surface area (Å²) in [6.45, 7) is 0. The van der Waals surface area contributed by atoms with Crippen molar-refractivity contribution in [3.63, 3.8) is 0 Å². The van der Waals surface area contributed by atoms with Crippen LogP contribution in [0.1, 0.15) is 0 Å². The summed E-state index contributed by atoms with van der Waals surface area (Å²) in [5.74, 6) is 0.675. The molecule has 3 nitrogen and oxygen atoms in total. The lowest BCUT2D eigenvalue weighted by molar-refractivity contribution is 0.673. The van der Waals surface area contributed by atoms with Gasteiger partial charge in [0, 0.05) is 32.7 Å². The van der Waals surface area contributed by atoms with Crippen LogP contribution in [0.3, 0.4) is 0 Å². The van der Waals surface area contributed by atoms with Gasteiger partial charge in [0.25, 0.3) is 0 Å². The molecule has 0 aliphatic rings. The van der Waals surface area contributed by atoms with Crippen molar-refractivity contribution in [3.05, 3.63) is 170 Å². The summed E-state index contributed by atoms with van der Waals surface area (Å²) in [5, 5.41) is 12.4. The smallest absolute Gasteiger partial charge is 0.161 e. The van der Waals surface area contributed by atoms with Gasteiger partial charge in [-0.05, 0) is 73.1 Å². The number of fused-ring (bicyclic) bond motifs is 13. The van der Waals surface area contributed by atoms with Crippen molar-refractivity contribution in [2.24, 2.45) is 0 Å². The average molecular weight is 649 g/mol. The van der Waals surface area contributed by atoms with Crippen LogP contribution in [0.2, 0.25) is 0 Å². The van der Waals surface area contributed by atoms with Crippen molar-refractivity contribution in [2.75, 3.05) is 0 Å². The molecule has 236 valence electrons. The van der Waals surface area contributed by atoms with Crippen LogP contribution in [0.5, 0.6) is 0 Å². The van der Waals surface area contributed by atoms with E-state index in [4.69, 9.17) is 14.4 Å². The number of hydrogen-bond acceptors (Lipinski definition) is 3. The van der Waals surface area contributed by atoms with Crippen molar-refractivity contribution >= 4 is 75.9 Å². The monoisotopic (exact) mass is 648 g/mol. The Kier molecular flexibility index (Phi) is 5.96. The molecule has 51 heavy (non-hydrogen) atoms. The van der Waals surface area contributed by atoms with E-state index < -0.39 is 0 Å². The lowest BCUT2D eigenvalue weighted by atomic mass is 9.90. The summed E-state index contributed by atoms with van der Waals surface area (Å²) in [5.41, 5.74) is 7.85. The van der Waals surface area contributed by atoms with Gasteiger partial charge in [-0.2, -0.15) is 0 Å². The van der Waals surface area contributed by atoms with Crippen molar-refractivity contribution in [1.29, 1.82) is 0 Å². The molecule has 0 spiro atoms. The topological polar surface area (TPSA) is 38.9 Å². The average Bonchev–Trinajstić information content (AvgIpc) is 3.60. The molecule has 2 heterocycles. The van der Waals surface area contributed by atoms with Gasteiger partial charge in [0.05, 0.1) is 11.2 Å². The van der Waals surface area contributed by atoms with E-state index in [1.165, 1.54) is 27.1 Å². The molecule has 9 aromatic carbocycles. The van der Waals surface area contributed by atoms with E-state index in [1.54, 1.807) is 0 Å². The first-order chi connectivity index (χ1) is 25.3. The predicted octanol–water partition coefficient (Wildman–Crippen LogP) is 13.1. The fraction of sp³-hybridized carbons (Fsp3) is 0. The lowest BCUT2D eigenvalue weighted by Gasteiger charge is -2.15. The molecule has 0 atom stereocenters. The molecule has 0 radical (unpaired) electrons. The Bertz CT molecular complexity index is 3190. The normalized spacial score (nSPS) is 11.9. The second kappa shape index (κ2) is 10.8. The highest BCUT2D eigenvalue weighted by molar-refractivity contribution is 6.34. The number of hydrogen-bond donors (Lipinski definition) is 0. The molecule has 0 aliphatic carbocycles. The molecule has 11 aromatic rings. The Morgan fingerprint density at radius 3 is 1.82 bits per heavy atom. The molecule has 0 amide bonds. The zero-order chi connectivity index (χ0) is 33.5. The number of rotatable bonds is 3. The van der Waals surface area contributed by atoms with Gasteiger partial charge < -0.3 is 4.42 Å². The fourth-order valence-corrected chi connectivity index (χ4v) is 8.15. The Balaban J connectivity index is 1.30. The lowest BCUT2D eigenvalue weighted by Crippen LogP contribution is -1.97. The Hall–Kier alpha value is -6.84. The maximum Gasteiger partial charge on any atom is 0.161 e. The minimum Gasteiger partial charge on any atom is -0.455 e. The van der Waals surface area contributed by atoms with Crippen molar-refractivity contribution in [3.8, 4) is 33.8 Å². The van der Waals surface area contributed by atoms with Crippen LogP contribution in [-0.4, -0.2) is 9.97 Å². The molecule has 2 aromatic heterocycles. The third kappa shape index (κ3) is 4.19. The predicted molar refractivity (Wildman–Crippen MR) is 213 cm³/mol. The first kappa shape index (κ1) is 28.0. The van der Waals surface area contributed by atoms with Crippen LogP contribution in [0.25, 0.3) is 110 Å². The molecule has 0 fully saturated rings. The quantitative estimate of drug-likeness (QED) is 0.179. The van der Waals surface area contributed by atoms with Crippen molar-refractivity contribution in [2.45, 2.75) is 0 Å². The van der Waals surface area contributed by atoms with Crippen LogP contribution < -0.4 is 0 Å². The van der Waals surface area contributed by atoms with E-state index in [-0.39, 0.29) is 0 Å². The van der Waals surface area contributed by atoms with E-state index in [1.807, 2.05) is 6.07 Å². The summed E-state index contributed by atoms with van der Waals surface area (Å²) in [4.78, 5) is 11.0. The zero-order valence-corrected chi connectivity index (χ0v) is 27.5. The second-order valence-corrected chi connectivity index (χ2v) is 13.3. The highest BCUT2D eigenvalue weighted by Gasteiger charge is 2.23. The fourth-order valence-electron chi connectivity index (χ4n) is 8.15. The summed E-state index contributed by atoms with van der Waals surface area (Å²) in [6, 6.07) is 60.1. The molecule has 0 saturated heterocycles. The Morgan fingerprint density at radius 2 is 1.00 bits per heavy atom. The van der Waals surface area contributed by atoms with E-state index in [0.717, 1.165) is 76.8 Å². The number of furan rings is 1. The number of aromatic nitrogens is 2. The van der Waals surface area contributed by atoms with Crippen LogP contribution in [0.4, 0.5) is 0 Å². The zero-order valence-electron chi connectivity index (χ0n) is 27.5. The van der Waals surface area contributed by atoms with Gasteiger partial charge in [0.1, 0.15) is 11.2 Å². The van der Waals surface area contributed by atoms with E-state index in [2.05, 4.69) is 164 Å². The summed E-state index contributed by atoms with van der Waals surface area (Å²) in [6.07, 6.45) is 0. The molecule has 0 saturated carbocycles. The van der Waals surface area contributed by atoms with Gasteiger partial charge in [0.2, 0.25) is 0 Å². The van der Waals surface area contributed by atoms with E-state index in [9.17, 15) is 0 Å². The molecule has 0 N–H and O–H groups in total. The van der Waals surface area contributed by atoms with Crippen LogP contribution in [0.15, 0.2) is 174 Å². The minimum absolute atomic E-state index is 0.675. The van der Waals surface area contributed by atoms with Crippen LogP contribution >= 0.6 is 0 Å². The van der Waals surface area contributed by atoms with Gasteiger partial charge in [-0.25, -0.2) is 9.97 Å². The van der Waals surface area contributed by atoms with Gasteiger partial charge in [-0.15, -0.1) is 0 Å². The molecule has 3 heteroatoms. The summed E-state index contributed by atoms with van der Waals surface area (Å²) < 4.78 is 6.85. The summed E-state index contributed by atoms with van der Waals surface area (Å²) in [7, 11) is 0. The van der Waals surface area contributed by atoms with Gasteiger partial charge in [0.15, 0.2) is 5.82 Å². The maximum absolute atomic E-state index is 6.85. The molecule has 0 bridgehead atoms. The third-order valence-electron chi connectivity index (χ3n) is 10.4. The van der Waals surface area contributed by atoms with E-state index >= 15 is 0 Å². The van der Waals surface area contributed by atoms with Crippen LogP contribution in [-0.2, 0) is 0 Å². The highest BCUT2D eigenvalue weighted by Crippen LogP contribution is 2.46. The van der Waals surface area contributed by atoms with Gasteiger partial charge in [-0.1, -0.05) is 146 Å². The first-order valence-corrected chi connectivity index (χ1v) is 17.3. The molecule has 11 rings (SSSR count). The Morgan fingerprint density at radius 1 is 0.373 bits per heavy atom. The second-order valence-electron chi connectivity index (χ2n) is 13.3. The standard InChI is InChI=1S/C48H28N2O/c1-2-13-29(14-3-1)31-16-12-17-32(27-31)46-45-33-18-5-4-15-30(33)25-26-41(45)49-48(50-46)40-28-39-36-21-7-6-19-34(36)35-20-8-9-22-37(35)43(39)47-44(40)38-23-10-11-24-42(38)51-47/h1-28H. The third-order valence-corrected chi connectivity index (χ3v) is 10.4. The Labute approximate surface area is 293 Å². The first-order valence-electron chi connectivity index (χ1n) is 17.3. The largest absolute Gasteiger partial charge is 0.455 e. The number of nitrogens with zero attached hydrogens (tertiary/aromatic N) is 2. The maximum atomic E-state index is 6.85. The molecular weight excluding hydrogens is 621 g/mol. The molecule has 0 aliphatic heterocycles. The number of benzene rings is 9. The molecular formula is C48H28N2O. The van der Waals surface area contributed by atoms with Crippen LogP contribution in [0, 0.1) is 0 Å². The number of para-hydroxylation sites is 1. The SMILES string of the molecule is c1ccc(-c2cccc(-c3nc(-c4cc5c6ccccc6c6ccccc6c5c5oc6ccccc6c45)nc4ccc5ccccc5c34)c2)cc1. The van der Waals surface area contributed by atoms with Gasteiger partial charge >= 0.3 is 0 Å². The van der Waals surface area contributed by atoms with Crippen molar-refractivity contribution < 1.29 is 4.42 Å². The van der Waals surface area contributed by atoms with E-state index in [0.29, 0.717) is 5.82 Å². The minimum atomic E-state index is 0.675. The summed E-state index contributed by atoms with van der Waals surface area (Å²) >= 11 is 0. The van der Waals surface area contributed by atoms with Crippen molar-refractivity contribution in [1.82, 2.24) is 9.97 Å².